The SMILES string of the molecule is CCNC(=NCCCCSC)NCCN(C)c1ccccc1. The van der Waals surface area contributed by atoms with E-state index in [1.807, 2.05) is 17.8 Å². The van der Waals surface area contributed by atoms with Crippen LogP contribution in [0.1, 0.15) is 19.8 Å². The van der Waals surface area contributed by atoms with Crippen LogP contribution in [0.5, 0.6) is 0 Å². The summed E-state index contributed by atoms with van der Waals surface area (Å²) in [5.41, 5.74) is 1.24. The van der Waals surface area contributed by atoms with Gasteiger partial charge in [0.15, 0.2) is 5.96 Å². The molecule has 2 N–H and O–H groups in total. The minimum atomic E-state index is 0.877. The molecule has 0 unspecified atom stereocenters. The number of benzene rings is 1. The van der Waals surface area contributed by atoms with Gasteiger partial charge in [-0.05, 0) is 43.9 Å². The van der Waals surface area contributed by atoms with Crippen LogP contribution < -0.4 is 15.5 Å². The van der Waals surface area contributed by atoms with Crippen molar-refractivity contribution in [1.29, 1.82) is 0 Å². The monoisotopic (exact) mass is 322 g/mol. The van der Waals surface area contributed by atoms with Crippen LogP contribution in [-0.2, 0) is 0 Å². The van der Waals surface area contributed by atoms with Crippen LogP contribution in [0.2, 0.25) is 0 Å². The predicted molar refractivity (Wildman–Crippen MR) is 101 cm³/mol. The Morgan fingerprint density at radius 3 is 2.64 bits per heavy atom. The van der Waals surface area contributed by atoms with E-state index < -0.39 is 0 Å². The van der Waals surface area contributed by atoms with Crippen molar-refractivity contribution in [2.75, 3.05) is 50.1 Å². The van der Waals surface area contributed by atoms with Crippen molar-refractivity contribution >= 4 is 23.4 Å². The molecule has 0 bridgehead atoms. The van der Waals surface area contributed by atoms with Crippen LogP contribution in [0.4, 0.5) is 5.69 Å². The maximum atomic E-state index is 4.62. The average molecular weight is 323 g/mol. The van der Waals surface area contributed by atoms with E-state index in [1.165, 1.54) is 17.9 Å². The molecule has 1 rings (SSSR count). The van der Waals surface area contributed by atoms with Crippen LogP contribution in [0.3, 0.4) is 0 Å². The Bertz CT molecular complexity index is 408. The van der Waals surface area contributed by atoms with Gasteiger partial charge in [0.05, 0.1) is 0 Å². The molecule has 4 nitrogen and oxygen atoms in total. The summed E-state index contributed by atoms with van der Waals surface area (Å²) < 4.78 is 0. The molecular weight excluding hydrogens is 292 g/mol. The van der Waals surface area contributed by atoms with Gasteiger partial charge in [0.25, 0.3) is 0 Å². The first-order chi connectivity index (χ1) is 10.8. The highest BCUT2D eigenvalue weighted by Crippen LogP contribution is 2.09. The molecule has 0 aliphatic rings. The van der Waals surface area contributed by atoms with Gasteiger partial charge in [-0.3, -0.25) is 4.99 Å². The molecule has 0 radical (unpaired) electrons. The Kier molecular flexibility index (Phi) is 10.4. The van der Waals surface area contributed by atoms with Gasteiger partial charge in [-0.25, -0.2) is 0 Å². The zero-order valence-corrected chi connectivity index (χ0v) is 15.0. The highest BCUT2D eigenvalue weighted by atomic mass is 32.2. The van der Waals surface area contributed by atoms with Gasteiger partial charge in [-0.1, -0.05) is 18.2 Å². The summed E-state index contributed by atoms with van der Waals surface area (Å²) in [4.78, 5) is 6.87. The number of nitrogens with zero attached hydrogens (tertiary/aromatic N) is 2. The van der Waals surface area contributed by atoms with Crippen molar-refractivity contribution < 1.29 is 0 Å². The lowest BCUT2D eigenvalue weighted by Crippen LogP contribution is -2.41. The predicted octanol–water partition coefficient (Wildman–Crippen LogP) is 2.82. The second-order valence-electron chi connectivity index (χ2n) is 5.14. The number of hydrogen-bond donors (Lipinski definition) is 2. The fourth-order valence-corrected chi connectivity index (χ4v) is 2.54. The molecule has 5 heteroatoms. The summed E-state index contributed by atoms with van der Waals surface area (Å²) in [6, 6.07) is 10.4. The molecular formula is C17H30N4S. The summed E-state index contributed by atoms with van der Waals surface area (Å²) in [5, 5.41) is 6.71. The molecule has 0 aliphatic carbocycles. The maximum absolute atomic E-state index is 4.62. The largest absolute Gasteiger partial charge is 0.373 e. The molecule has 0 atom stereocenters. The molecule has 0 amide bonds. The quantitative estimate of drug-likeness (QED) is 0.395. The Morgan fingerprint density at radius 2 is 1.95 bits per heavy atom. The first-order valence-electron chi connectivity index (χ1n) is 8.05. The van der Waals surface area contributed by atoms with Crippen molar-refractivity contribution in [3.8, 4) is 0 Å². The first-order valence-corrected chi connectivity index (χ1v) is 9.44. The Morgan fingerprint density at radius 1 is 1.18 bits per heavy atom. The lowest BCUT2D eigenvalue weighted by Gasteiger charge is -2.20. The van der Waals surface area contributed by atoms with Gasteiger partial charge in [-0.15, -0.1) is 0 Å². The number of hydrogen-bond acceptors (Lipinski definition) is 3. The molecule has 0 fully saturated rings. The summed E-state index contributed by atoms with van der Waals surface area (Å²) in [6.07, 6.45) is 4.54. The van der Waals surface area contributed by atoms with Gasteiger partial charge >= 0.3 is 0 Å². The van der Waals surface area contributed by atoms with Crippen LogP contribution in [0, 0.1) is 0 Å². The number of unbranched alkanes of at least 4 members (excludes halogenated alkanes) is 1. The number of aliphatic imine (C=N–C) groups is 1. The highest BCUT2D eigenvalue weighted by Gasteiger charge is 2.01. The third kappa shape index (κ3) is 8.17. The minimum Gasteiger partial charge on any atom is -0.373 e. The topological polar surface area (TPSA) is 39.7 Å². The van der Waals surface area contributed by atoms with E-state index in [2.05, 4.69) is 65.0 Å². The zero-order valence-electron chi connectivity index (χ0n) is 14.1. The molecule has 0 saturated carbocycles. The summed E-state index contributed by atoms with van der Waals surface area (Å²) in [6.45, 7) is 5.71. The molecule has 0 aromatic heterocycles. The number of para-hydroxylation sites is 1. The van der Waals surface area contributed by atoms with Crippen molar-refractivity contribution in [1.82, 2.24) is 10.6 Å². The van der Waals surface area contributed by atoms with Crippen molar-refractivity contribution in [2.24, 2.45) is 4.99 Å². The smallest absolute Gasteiger partial charge is 0.191 e. The maximum Gasteiger partial charge on any atom is 0.191 e. The van der Waals surface area contributed by atoms with Gasteiger partial charge in [0.2, 0.25) is 0 Å². The average Bonchev–Trinajstić information content (AvgIpc) is 2.55. The Labute approximate surface area is 139 Å². The molecule has 1 aromatic rings. The normalized spacial score (nSPS) is 11.3. The lowest BCUT2D eigenvalue weighted by atomic mass is 10.3. The lowest BCUT2D eigenvalue weighted by molar-refractivity contribution is 0.762. The second kappa shape index (κ2) is 12.2. The molecule has 0 saturated heterocycles. The summed E-state index contributed by atoms with van der Waals surface area (Å²) in [5.74, 6) is 2.15. The van der Waals surface area contributed by atoms with Crippen molar-refractivity contribution in [2.45, 2.75) is 19.8 Å². The molecule has 0 spiro atoms. The number of thioether (sulfide) groups is 1. The van der Waals surface area contributed by atoms with Gasteiger partial charge in [0, 0.05) is 38.9 Å². The first kappa shape index (κ1) is 18.7. The van der Waals surface area contributed by atoms with Crippen LogP contribution in [0.25, 0.3) is 0 Å². The van der Waals surface area contributed by atoms with Crippen molar-refractivity contribution in [3.63, 3.8) is 0 Å². The molecule has 0 heterocycles. The minimum absolute atomic E-state index is 0.877. The van der Waals surface area contributed by atoms with Gasteiger partial charge < -0.3 is 15.5 Å². The van der Waals surface area contributed by atoms with Crippen LogP contribution in [-0.4, -0.2) is 51.2 Å². The number of rotatable bonds is 10. The molecule has 22 heavy (non-hydrogen) atoms. The van der Waals surface area contributed by atoms with E-state index in [-0.39, 0.29) is 0 Å². The number of nitrogens with one attached hydrogen (secondary N) is 2. The van der Waals surface area contributed by atoms with E-state index in [9.17, 15) is 0 Å². The zero-order chi connectivity index (χ0) is 16.0. The fraction of sp³-hybridized carbons (Fsp3) is 0.588. The Balaban J connectivity index is 2.29. The van der Waals surface area contributed by atoms with Gasteiger partial charge in [0.1, 0.15) is 0 Å². The van der Waals surface area contributed by atoms with E-state index in [1.54, 1.807) is 0 Å². The number of likely N-dealkylation sites (N-methyl/N-ethyl adjacent to an activating group) is 1. The third-order valence-corrected chi connectivity index (χ3v) is 4.00. The summed E-state index contributed by atoms with van der Waals surface area (Å²) in [7, 11) is 2.11. The van der Waals surface area contributed by atoms with E-state index in [0.29, 0.717) is 0 Å². The molecule has 1 aromatic carbocycles. The third-order valence-electron chi connectivity index (χ3n) is 3.31. The molecule has 124 valence electrons. The fourth-order valence-electron chi connectivity index (χ4n) is 2.04. The molecule has 0 aliphatic heterocycles. The van der Waals surface area contributed by atoms with E-state index >= 15 is 0 Å². The van der Waals surface area contributed by atoms with Crippen LogP contribution >= 0.6 is 11.8 Å². The van der Waals surface area contributed by atoms with E-state index in [4.69, 9.17) is 0 Å². The number of anilines is 1. The second-order valence-corrected chi connectivity index (χ2v) is 6.13. The Hall–Kier alpha value is -1.36. The summed E-state index contributed by atoms with van der Waals surface area (Å²) >= 11 is 1.90. The standard InChI is InChI=1S/C17H30N4S/c1-4-18-17(19-12-8-9-15-22-3)20-13-14-21(2)16-10-6-5-7-11-16/h5-7,10-11H,4,8-9,12-15H2,1-3H3,(H2,18,19,20). The van der Waals surface area contributed by atoms with Crippen molar-refractivity contribution in [3.05, 3.63) is 30.3 Å². The van der Waals surface area contributed by atoms with Crippen LogP contribution in [0.15, 0.2) is 35.3 Å². The van der Waals surface area contributed by atoms with E-state index in [0.717, 1.165) is 38.6 Å². The number of guanidine groups is 1. The van der Waals surface area contributed by atoms with Gasteiger partial charge in [-0.2, -0.15) is 11.8 Å². The highest BCUT2D eigenvalue weighted by molar-refractivity contribution is 7.98.